The van der Waals surface area contributed by atoms with Gasteiger partial charge in [-0.3, -0.25) is 37.9 Å². The third-order valence-corrected chi connectivity index (χ3v) is 29.7. The maximum absolute atomic E-state index is 13.4. The van der Waals surface area contributed by atoms with E-state index in [2.05, 4.69) is 79.2 Å². The van der Waals surface area contributed by atoms with Gasteiger partial charge in [0.1, 0.15) is 68.4 Å². The molecule has 44 heteroatoms. The number of nitrogens with zero attached hydrogens (tertiary/aromatic N) is 16. The van der Waals surface area contributed by atoms with E-state index in [9.17, 15) is 52.8 Å². The van der Waals surface area contributed by atoms with Gasteiger partial charge in [0, 0.05) is 114 Å². The van der Waals surface area contributed by atoms with Crippen LogP contribution in [0.15, 0.2) is 112 Å². The number of aromatic amines is 4. The zero-order valence-electron chi connectivity index (χ0n) is 108. The summed E-state index contributed by atoms with van der Waals surface area (Å²) in [6.07, 6.45) is 5.70. The summed E-state index contributed by atoms with van der Waals surface area (Å²) < 4.78 is 350. The van der Waals surface area contributed by atoms with Crippen molar-refractivity contribution in [1.82, 2.24) is 117 Å². The highest BCUT2D eigenvalue weighted by molar-refractivity contribution is 7.90. The van der Waals surface area contributed by atoms with Gasteiger partial charge in [-0.05, 0) is 255 Å². The molecule has 4 aromatic carbocycles. The van der Waals surface area contributed by atoms with Gasteiger partial charge in [-0.2, -0.15) is 20.4 Å². The molecule has 6 unspecified atom stereocenters. The zero-order chi connectivity index (χ0) is 126. The summed E-state index contributed by atoms with van der Waals surface area (Å²) in [7, 11) is -14.0. The number of hydrogen-bond acceptors (Lipinski definition) is 28. The number of hydrogen-bond donors (Lipinski definition) is 8. The quantitative estimate of drug-likeness (QED) is 0.0176. The lowest BCUT2D eigenvalue weighted by Crippen LogP contribution is -2.31. The first-order chi connectivity index (χ1) is 79.2. The third-order valence-electron chi connectivity index (χ3n) is 24.2. The van der Waals surface area contributed by atoms with E-state index >= 15 is 0 Å². The molecule has 4 aliphatic rings. The van der Waals surface area contributed by atoms with Crippen molar-refractivity contribution < 1.29 is 88.3 Å². The Morgan fingerprint density at radius 1 is 0.354 bits per heavy atom. The number of aromatic nitrogens is 16. The van der Waals surface area contributed by atoms with Crippen LogP contribution in [-0.4, -0.2) is 263 Å². The van der Waals surface area contributed by atoms with Gasteiger partial charge in [0.05, 0.1) is 91.0 Å². The highest BCUT2D eigenvalue weighted by atomic mass is 32.2. The second-order valence-corrected chi connectivity index (χ2v) is 41.8. The Labute approximate surface area is 879 Å². The van der Waals surface area contributed by atoms with Crippen molar-refractivity contribution in [2.45, 2.75) is 253 Å². The van der Waals surface area contributed by atoms with E-state index in [1.165, 1.54) is 116 Å². The van der Waals surface area contributed by atoms with Crippen LogP contribution in [0.5, 0.6) is 23.0 Å². The molecule has 12 heterocycles. The number of fused-ring (bicyclic) bond motifs is 4. The Morgan fingerprint density at radius 3 is 0.938 bits per heavy atom. The Hall–Kier alpha value is -11.0. The lowest BCUT2D eigenvalue weighted by atomic mass is 10.1. The van der Waals surface area contributed by atoms with Crippen LogP contribution in [0.2, 0.25) is 0 Å². The summed E-state index contributed by atoms with van der Waals surface area (Å²) in [4.78, 5) is 85.6. The predicted octanol–water partition coefficient (Wildman–Crippen LogP) is 11.3. The average Bonchev–Trinajstić information content (AvgIpc) is 1.60. The molecule has 0 saturated carbocycles. The van der Waals surface area contributed by atoms with Gasteiger partial charge in [0.15, 0.2) is 22.1 Å². The maximum atomic E-state index is 13.4. The third kappa shape index (κ3) is 26.5. The van der Waals surface area contributed by atoms with Crippen molar-refractivity contribution in [2.24, 2.45) is 28.0 Å². The monoisotopic (exact) mass is 2090 g/mol. The van der Waals surface area contributed by atoms with Crippen molar-refractivity contribution in [1.29, 1.82) is 0 Å². The molecular weight excluding hydrogens is 1920 g/mol. The van der Waals surface area contributed by atoms with Gasteiger partial charge in [0.2, 0.25) is 40.1 Å². The average molecular weight is 2090 g/mol. The molecule has 0 radical (unpaired) electrons. The van der Waals surface area contributed by atoms with Crippen LogP contribution in [0.3, 0.4) is 0 Å². The van der Waals surface area contributed by atoms with E-state index in [0.717, 1.165) is 6.42 Å². The molecule has 0 spiro atoms. The van der Waals surface area contributed by atoms with E-state index in [1.807, 2.05) is 41.5 Å². The standard InChI is InChI=1S/4C25H36N6O4S/c4*1-5-8-20-22-23(31(4)29-20)25(32)28-24(27-22)19-16-18(10-11-21(19)35-15-6-2)36(33,34)26-13-12-17-9-7-14-30(17)3/h4*10-11,16-17,26H,5-9,12-15H2,1-4H3,(H,27,28,32)/i3D3,8D2,13D2;3D3,8D2,13D;3D3,4D3,13D;3D3,4D3. The lowest BCUT2D eigenvalue weighted by molar-refractivity contribution is 0.297. The maximum Gasteiger partial charge on any atom is 0.277 e. The molecule has 4 saturated heterocycles. The van der Waals surface area contributed by atoms with E-state index in [0.29, 0.717) is 156 Å². The van der Waals surface area contributed by atoms with Gasteiger partial charge in [-0.15, -0.1) is 0 Å². The molecular formula is C100H144N24O16S4. The first-order valence-corrected chi connectivity index (χ1v) is 54.2. The zero-order valence-corrected chi connectivity index (χ0v) is 85.4. The van der Waals surface area contributed by atoms with Crippen LogP contribution in [0.1, 0.15) is 242 Å². The van der Waals surface area contributed by atoms with Crippen LogP contribution in [0.4, 0.5) is 0 Å². The molecule has 0 amide bonds. The number of aryl methyl sites for hydroxylation is 8. The van der Waals surface area contributed by atoms with Crippen LogP contribution < -0.4 is 60.1 Å². The second-order valence-electron chi connectivity index (χ2n) is 34.9. The Balaban J connectivity index is 0.000000186. The van der Waals surface area contributed by atoms with Crippen LogP contribution in [0, 0.1) is 0 Å². The van der Waals surface area contributed by atoms with Crippen molar-refractivity contribution in [3.63, 3.8) is 0 Å². The number of sulfonamides is 4. The fraction of sp³-hybridized carbons (Fsp3) is 0.560. The number of ether oxygens (including phenoxy) is 4. The number of rotatable bonds is 44. The molecule has 4 fully saturated rings. The Morgan fingerprint density at radius 2 is 0.639 bits per heavy atom. The number of nitrogens with one attached hydrogen (secondary N) is 8. The largest absolute Gasteiger partial charge is 0.493 e. The number of benzene rings is 4. The smallest absolute Gasteiger partial charge is 0.277 e. The van der Waals surface area contributed by atoms with Crippen molar-refractivity contribution >= 4 is 84.2 Å². The van der Waals surface area contributed by atoms with Crippen molar-refractivity contribution in [2.75, 3.05) is 107 Å². The van der Waals surface area contributed by atoms with Gasteiger partial charge < -0.3 is 58.5 Å². The molecule has 0 bridgehead atoms. The molecule has 8 aromatic heterocycles. The van der Waals surface area contributed by atoms with Crippen LogP contribution in [0.25, 0.3) is 89.7 Å². The predicted molar refractivity (Wildman–Crippen MR) is 559 cm³/mol. The Kier molecular flexibility index (Phi) is 27.5. The van der Waals surface area contributed by atoms with Gasteiger partial charge in [0.25, 0.3) is 22.2 Å². The highest BCUT2D eigenvalue weighted by Gasteiger charge is 2.32. The van der Waals surface area contributed by atoms with E-state index in [-0.39, 0.29) is 208 Å². The molecule has 0 aliphatic carbocycles. The van der Waals surface area contributed by atoms with Crippen LogP contribution >= 0.6 is 0 Å². The normalized spacial score (nSPS) is 20.7. The van der Waals surface area contributed by atoms with E-state index in [1.54, 1.807) is 13.8 Å². The minimum atomic E-state index is -4.50. The van der Waals surface area contributed by atoms with E-state index < -0.39 is 155 Å². The number of H-pyrrole nitrogens is 4. The van der Waals surface area contributed by atoms with Crippen LogP contribution in [-0.2, 0) is 93.7 Å². The molecule has 8 N–H and O–H groups in total. The lowest BCUT2D eigenvalue weighted by Gasteiger charge is -2.19. The fourth-order valence-electron chi connectivity index (χ4n) is 17.0. The summed E-state index contributed by atoms with van der Waals surface area (Å²) in [5.74, 6) is 0.853. The number of likely N-dealkylation sites (tertiary alicyclic amines) is 4. The minimum absolute atomic E-state index is 0.00305. The Bertz CT molecular complexity index is 8380. The minimum Gasteiger partial charge on any atom is -0.493 e. The fourth-order valence-corrected chi connectivity index (χ4v) is 21.0. The van der Waals surface area contributed by atoms with Gasteiger partial charge in [-0.25, -0.2) is 72.5 Å². The van der Waals surface area contributed by atoms with Gasteiger partial charge >= 0.3 is 0 Å². The SMILES string of the molecule is [2H]C(CC1CCCN1C([2H])([2H])[2H])NS(=O)(=O)c1ccc(OCCC)c(-c2nc3c(C([2H])([2H])CC)nn(C)c3c(=O)[nH]2)c1.[2H]C(CC1CCCN1C([2H])([2H])[2H])NS(=O)(=O)c1ccc(OCCC)c(-c2nc3c(CCC)nn(C([2H])([2H])[2H])c3c(=O)[nH]2)c1.[2H]C([2H])(CC1CCCN1C([2H])([2H])[2H])NS(=O)(=O)c1ccc(OCCC)c(-c2nc3c(C([2H])([2H])CC)nn(C)c3c(=O)[nH]2)c1.[2H]C([2H])([2H])N1CCCC1CCNS(=O)(=O)c1ccc(OCCC)c(-c2nc3c(CCC)nn(C([2H])([2H])[2H])c3c(=O)[nH]2)c1. The molecule has 6 atom stereocenters. The highest BCUT2D eigenvalue weighted by Crippen LogP contribution is 2.38. The first-order valence-electron chi connectivity index (χ1n) is 61.5. The molecule has 40 nitrogen and oxygen atoms in total. The summed E-state index contributed by atoms with van der Waals surface area (Å²) in [5.41, 5.74) is -1.50. The summed E-state index contributed by atoms with van der Waals surface area (Å²) in [5, 5.41) is 16.7. The van der Waals surface area contributed by atoms with Crippen molar-refractivity contribution in [3.8, 4) is 68.5 Å². The van der Waals surface area contributed by atoms with Crippen molar-refractivity contribution in [3.05, 3.63) is 137 Å². The molecule has 12 aromatic rings. The summed E-state index contributed by atoms with van der Waals surface area (Å²) >= 11 is 0. The topological polar surface area (TPSA) is 489 Å². The van der Waals surface area contributed by atoms with Gasteiger partial charge in [-0.1, -0.05) is 81.1 Å². The summed E-state index contributed by atoms with van der Waals surface area (Å²) in [6, 6.07) is 14.2. The first kappa shape index (κ1) is 79.2. The van der Waals surface area contributed by atoms with E-state index in [4.69, 9.17) is 54.6 Å². The summed E-state index contributed by atoms with van der Waals surface area (Å²) in [6.45, 7) is -2.54. The molecule has 4 aliphatic heterocycles. The molecule has 144 heavy (non-hydrogen) atoms. The second kappa shape index (κ2) is 49.9. The molecule has 16 rings (SSSR count). The molecule has 784 valence electrons.